The van der Waals surface area contributed by atoms with E-state index >= 15 is 0 Å². The summed E-state index contributed by atoms with van der Waals surface area (Å²) in [6, 6.07) is 6.47. The zero-order valence-corrected chi connectivity index (χ0v) is 15.1. The molecule has 1 aliphatic carbocycles. The van der Waals surface area contributed by atoms with Gasteiger partial charge in [-0.05, 0) is 37.1 Å². The first-order chi connectivity index (χ1) is 11.4. The molecule has 0 atom stereocenters. The van der Waals surface area contributed by atoms with Gasteiger partial charge in [0.2, 0.25) is 15.9 Å². The van der Waals surface area contributed by atoms with Gasteiger partial charge >= 0.3 is 0 Å². The Balaban J connectivity index is 1.93. The summed E-state index contributed by atoms with van der Waals surface area (Å²) in [5, 5.41) is 0. The number of carbonyl (C=O) groups is 1. The van der Waals surface area contributed by atoms with Crippen LogP contribution in [0.4, 0.5) is 0 Å². The summed E-state index contributed by atoms with van der Waals surface area (Å²) >= 11 is 0. The summed E-state index contributed by atoms with van der Waals surface area (Å²) in [6.45, 7) is 2.16. The molecule has 0 radical (unpaired) electrons. The molecular weight excluding hydrogens is 328 g/mol. The van der Waals surface area contributed by atoms with Gasteiger partial charge < -0.3 is 9.64 Å². The molecule has 1 aromatic carbocycles. The van der Waals surface area contributed by atoms with Crippen molar-refractivity contribution in [2.45, 2.75) is 50.0 Å². The molecule has 6 nitrogen and oxygen atoms in total. The summed E-state index contributed by atoms with van der Waals surface area (Å²) in [6.07, 6.45) is 5.49. The van der Waals surface area contributed by atoms with Gasteiger partial charge in [-0.1, -0.05) is 19.3 Å². The van der Waals surface area contributed by atoms with E-state index in [4.69, 9.17) is 4.74 Å². The lowest BCUT2D eigenvalue weighted by molar-refractivity contribution is -0.131. The summed E-state index contributed by atoms with van der Waals surface area (Å²) in [5.74, 6) is 0.611. The van der Waals surface area contributed by atoms with Gasteiger partial charge in [0.1, 0.15) is 5.75 Å². The van der Waals surface area contributed by atoms with Crippen molar-refractivity contribution >= 4 is 15.9 Å². The van der Waals surface area contributed by atoms with Crippen LogP contribution in [0.25, 0.3) is 0 Å². The summed E-state index contributed by atoms with van der Waals surface area (Å²) in [5.41, 5.74) is 0. The maximum Gasteiger partial charge on any atom is 0.240 e. The fraction of sp³-hybridized carbons (Fsp3) is 0.588. The van der Waals surface area contributed by atoms with E-state index in [9.17, 15) is 13.2 Å². The molecule has 0 saturated heterocycles. The molecule has 2 rings (SSSR count). The maximum atomic E-state index is 12.3. The van der Waals surface area contributed by atoms with Crippen LogP contribution >= 0.6 is 0 Å². The molecule has 1 amide bonds. The number of benzene rings is 1. The molecule has 1 aromatic rings. The van der Waals surface area contributed by atoms with Crippen LogP contribution in [0, 0.1) is 0 Å². The minimum atomic E-state index is -3.58. The minimum absolute atomic E-state index is 0.00513. The first-order valence-corrected chi connectivity index (χ1v) is 9.83. The standard InChI is InChI=1S/C17H26N2O4S/c1-14(20)19(15-6-4-3-5-7-15)13-12-18-24(21,22)17-10-8-16(23-2)9-11-17/h8-11,15,18H,3-7,12-13H2,1-2H3. The lowest BCUT2D eigenvalue weighted by Gasteiger charge is -2.33. The van der Waals surface area contributed by atoms with Gasteiger partial charge in [-0.2, -0.15) is 0 Å². The highest BCUT2D eigenvalue weighted by atomic mass is 32.2. The van der Waals surface area contributed by atoms with Gasteiger partial charge in [-0.25, -0.2) is 13.1 Å². The number of carbonyl (C=O) groups excluding carboxylic acids is 1. The van der Waals surface area contributed by atoms with Crippen LogP contribution in [-0.2, 0) is 14.8 Å². The van der Waals surface area contributed by atoms with Crippen molar-refractivity contribution < 1.29 is 17.9 Å². The second-order valence-electron chi connectivity index (χ2n) is 6.08. The number of amides is 1. The molecule has 1 aliphatic rings. The van der Waals surface area contributed by atoms with E-state index in [2.05, 4.69) is 4.72 Å². The molecule has 0 heterocycles. The average Bonchev–Trinajstić information content (AvgIpc) is 2.59. The number of rotatable bonds is 7. The highest BCUT2D eigenvalue weighted by molar-refractivity contribution is 7.89. The molecule has 0 aliphatic heterocycles. The monoisotopic (exact) mass is 354 g/mol. The molecule has 0 spiro atoms. The number of nitrogens with one attached hydrogen (secondary N) is 1. The van der Waals surface area contributed by atoms with Crippen LogP contribution in [0.3, 0.4) is 0 Å². The third kappa shape index (κ3) is 4.95. The normalized spacial score (nSPS) is 15.9. The fourth-order valence-electron chi connectivity index (χ4n) is 3.13. The Labute approximate surface area is 144 Å². The second kappa shape index (κ2) is 8.48. The molecule has 1 fully saturated rings. The van der Waals surface area contributed by atoms with Crippen LogP contribution in [-0.4, -0.2) is 45.5 Å². The van der Waals surface area contributed by atoms with Gasteiger partial charge in [0.05, 0.1) is 12.0 Å². The number of sulfonamides is 1. The Morgan fingerprint density at radius 3 is 2.38 bits per heavy atom. The lowest BCUT2D eigenvalue weighted by Crippen LogP contribution is -2.44. The van der Waals surface area contributed by atoms with Crippen molar-refractivity contribution in [3.05, 3.63) is 24.3 Å². The largest absolute Gasteiger partial charge is 0.497 e. The zero-order chi connectivity index (χ0) is 17.6. The molecule has 1 saturated carbocycles. The number of hydrogen-bond donors (Lipinski definition) is 1. The molecule has 1 N–H and O–H groups in total. The molecule has 0 bridgehead atoms. The summed E-state index contributed by atoms with van der Waals surface area (Å²) in [4.78, 5) is 13.9. The Kier molecular flexibility index (Phi) is 6.62. The third-order valence-corrected chi connectivity index (χ3v) is 5.91. The number of methoxy groups -OCH3 is 1. The Morgan fingerprint density at radius 1 is 1.21 bits per heavy atom. The predicted molar refractivity (Wildman–Crippen MR) is 92.4 cm³/mol. The van der Waals surface area contributed by atoms with Crippen molar-refractivity contribution in [1.29, 1.82) is 0 Å². The van der Waals surface area contributed by atoms with Crippen molar-refractivity contribution in [3.8, 4) is 5.75 Å². The fourth-order valence-corrected chi connectivity index (χ4v) is 4.15. The van der Waals surface area contributed by atoms with E-state index in [1.165, 1.54) is 25.7 Å². The quantitative estimate of drug-likeness (QED) is 0.814. The highest BCUT2D eigenvalue weighted by Crippen LogP contribution is 2.22. The topological polar surface area (TPSA) is 75.7 Å². The number of ether oxygens (including phenoxy) is 1. The Hall–Kier alpha value is -1.60. The molecular formula is C17H26N2O4S. The average molecular weight is 354 g/mol. The Bertz CT molecular complexity index is 637. The Morgan fingerprint density at radius 2 is 1.83 bits per heavy atom. The van der Waals surface area contributed by atoms with Gasteiger partial charge in [-0.3, -0.25) is 4.79 Å². The van der Waals surface area contributed by atoms with Crippen molar-refractivity contribution in [1.82, 2.24) is 9.62 Å². The first-order valence-electron chi connectivity index (χ1n) is 8.35. The van der Waals surface area contributed by atoms with E-state index in [0.29, 0.717) is 12.3 Å². The third-order valence-electron chi connectivity index (χ3n) is 4.43. The van der Waals surface area contributed by atoms with E-state index < -0.39 is 10.0 Å². The van der Waals surface area contributed by atoms with Gasteiger partial charge in [0.15, 0.2) is 0 Å². The molecule has 24 heavy (non-hydrogen) atoms. The van der Waals surface area contributed by atoms with Crippen LogP contribution in [0.15, 0.2) is 29.2 Å². The SMILES string of the molecule is COc1ccc(S(=O)(=O)NCCN(C(C)=O)C2CCCCC2)cc1. The van der Waals surface area contributed by atoms with Crippen LogP contribution in [0.1, 0.15) is 39.0 Å². The second-order valence-corrected chi connectivity index (χ2v) is 7.84. The number of nitrogens with zero attached hydrogens (tertiary/aromatic N) is 1. The molecule has 0 unspecified atom stereocenters. The van der Waals surface area contributed by atoms with Gasteiger partial charge in [0, 0.05) is 26.1 Å². The van der Waals surface area contributed by atoms with Crippen LogP contribution in [0.2, 0.25) is 0 Å². The molecule has 7 heteroatoms. The van der Waals surface area contributed by atoms with Crippen LogP contribution < -0.4 is 9.46 Å². The van der Waals surface area contributed by atoms with E-state index in [0.717, 1.165) is 25.7 Å². The highest BCUT2D eigenvalue weighted by Gasteiger charge is 2.23. The van der Waals surface area contributed by atoms with Gasteiger partial charge in [0.25, 0.3) is 0 Å². The van der Waals surface area contributed by atoms with Crippen molar-refractivity contribution in [3.63, 3.8) is 0 Å². The van der Waals surface area contributed by atoms with Crippen molar-refractivity contribution in [2.24, 2.45) is 0 Å². The van der Waals surface area contributed by atoms with E-state index in [1.807, 2.05) is 0 Å². The van der Waals surface area contributed by atoms with Crippen molar-refractivity contribution in [2.75, 3.05) is 20.2 Å². The predicted octanol–water partition coefficient (Wildman–Crippen LogP) is 2.15. The maximum absolute atomic E-state index is 12.3. The van der Waals surface area contributed by atoms with E-state index in [-0.39, 0.29) is 23.4 Å². The minimum Gasteiger partial charge on any atom is -0.497 e. The van der Waals surface area contributed by atoms with E-state index in [1.54, 1.807) is 24.0 Å². The number of hydrogen-bond acceptors (Lipinski definition) is 4. The molecule has 0 aromatic heterocycles. The summed E-state index contributed by atoms with van der Waals surface area (Å²) in [7, 11) is -2.05. The van der Waals surface area contributed by atoms with Crippen LogP contribution in [0.5, 0.6) is 5.75 Å². The summed E-state index contributed by atoms with van der Waals surface area (Å²) < 4.78 is 32.2. The smallest absolute Gasteiger partial charge is 0.240 e. The first kappa shape index (κ1) is 18.7. The van der Waals surface area contributed by atoms with Gasteiger partial charge in [-0.15, -0.1) is 0 Å². The lowest BCUT2D eigenvalue weighted by atomic mass is 9.94. The molecule has 134 valence electrons. The zero-order valence-electron chi connectivity index (χ0n) is 14.3.